The van der Waals surface area contributed by atoms with Crippen LogP contribution in [0.3, 0.4) is 0 Å². The van der Waals surface area contributed by atoms with E-state index >= 15 is 0 Å². The Hall–Kier alpha value is -1.98. The second-order valence-corrected chi connectivity index (χ2v) is 6.72. The van der Waals surface area contributed by atoms with Gasteiger partial charge in [0.1, 0.15) is 11.4 Å². The third kappa shape index (κ3) is 4.02. The lowest BCUT2D eigenvalue weighted by Crippen LogP contribution is -2.41. The van der Waals surface area contributed by atoms with Gasteiger partial charge in [-0.2, -0.15) is 0 Å². The molecule has 6 heteroatoms. The maximum Gasteiger partial charge on any atom is 0.413 e. The summed E-state index contributed by atoms with van der Waals surface area (Å²) in [4.78, 5) is 27.9. The fourth-order valence-electron chi connectivity index (χ4n) is 2.77. The number of rotatable bonds is 3. The lowest BCUT2D eigenvalue weighted by atomic mass is 9.94. The number of H-pyrrole nitrogens is 1. The van der Waals surface area contributed by atoms with Crippen molar-refractivity contribution in [3.63, 3.8) is 0 Å². The number of ether oxygens (including phenoxy) is 1. The first-order valence-corrected chi connectivity index (χ1v) is 7.72. The third-order valence-electron chi connectivity index (χ3n) is 3.71. The van der Waals surface area contributed by atoms with Gasteiger partial charge in [0, 0.05) is 12.2 Å². The van der Waals surface area contributed by atoms with E-state index in [0.717, 1.165) is 32.1 Å². The topological polar surface area (TPSA) is 82.6 Å². The minimum Gasteiger partial charge on any atom is -0.465 e. The van der Waals surface area contributed by atoms with Gasteiger partial charge in [0.15, 0.2) is 0 Å². The van der Waals surface area contributed by atoms with Gasteiger partial charge in [-0.25, -0.2) is 9.59 Å². The number of aromatic nitrogens is 1. The van der Waals surface area contributed by atoms with Crippen LogP contribution in [-0.4, -0.2) is 33.8 Å². The first-order valence-electron chi connectivity index (χ1n) is 7.72. The minimum atomic E-state index is -0.996. The highest BCUT2D eigenvalue weighted by Gasteiger charge is 2.28. The summed E-state index contributed by atoms with van der Waals surface area (Å²) in [6, 6.07) is 1.52. The molecule has 0 radical (unpaired) electrons. The van der Waals surface area contributed by atoms with Crippen LogP contribution in [0.15, 0.2) is 12.3 Å². The number of esters is 1. The molecule has 6 nitrogen and oxygen atoms in total. The maximum absolute atomic E-state index is 12.0. The van der Waals surface area contributed by atoms with E-state index in [-0.39, 0.29) is 6.04 Å². The van der Waals surface area contributed by atoms with Crippen LogP contribution in [0.1, 0.15) is 63.2 Å². The molecule has 1 aliphatic carbocycles. The summed E-state index contributed by atoms with van der Waals surface area (Å²) < 4.78 is 5.30. The summed E-state index contributed by atoms with van der Waals surface area (Å²) in [6.07, 6.45) is 5.44. The van der Waals surface area contributed by atoms with Crippen molar-refractivity contribution >= 4 is 17.9 Å². The first-order chi connectivity index (χ1) is 10.3. The summed E-state index contributed by atoms with van der Waals surface area (Å²) in [7, 11) is 0. The minimum absolute atomic E-state index is 0.0311. The van der Waals surface area contributed by atoms with Crippen molar-refractivity contribution in [2.24, 2.45) is 0 Å². The van der Waals surface area contributed by atoms with Crippen molar-refractivity contribution in [1.82, 2.24) is 4.98 Å². The molecule has 0 aromatic carbocycles. The lowest BCUT2D eigenvalue weighted by Gasteiger charge is -2.31. The average molecular weight is 308 g/mol. The predicted octanol–water partition coefficient (Wildman–Crippen LogP) is 3.79. The van der Waals surface area contributed by atoms with Crippen LogP contribution in [0.2, 0.25) is 0 Å². The fourth-order valence-corrected chi connectivity index (χ4v) is 2.77. The van der Waals surface area contributed by atoms with Crippen molar-refractivity contribution < 1.29 is 19.4 Å². The molecule has 2 rings (SSSR count). The van der Waals surface area contributed by atoms with Gasteiger partial charge in [-0.1, -0.05) is 19.3 Å². The Bertz CT molecular complexity index is 539. The summed E-state index contributed by atoms with van der Waals surface area (Å²) in [5.74, 6) is -0.0238. The van der Waals surface area contributed by atoms with Crippen molar-refractivity contribution in [2.45, 2.75) is 64.5 Å². The van der Waals surface area contributed by atoms with E-state index in [4.69, 9.17) is 4.74 Å². The van der Waals surface area contributed by atoms with Crippen LogP contribution in [0.5, 0.6) is 0 Å². The largest absolute Gasteiger partial charge is 0.465 e. The molecule has 22 heavy (non-hydrogen) atoms. The zero-order chi connectivity index (χ0) is 16.3. The van der Waals surface area contributed by atoms with Crippen LogP contribution < -0.4 is 4.90 Å². The van der Waals surface area contributed by atoms with Gasteiger partial charge in [-0.15, -0.1) is 0 Å². The number of aromatic amines is 1. The number of carboxylic acid groups (broad SMARTS) is 1. The molecule has 0 bridgehead atoms. The molecule has 0 saturated heterocycles. The number of carbonyl (C=O) groups is 2. The Morgan fingerprint density at radius 2 is 1.91 bits per heavy atom. The molecule has 1 fully saturated rings. The van der Waals surface area contributed by atoms with Gasteiger partial charge < -0.3 is 14.8 Å². The number of hydrogen-bond donors (Lipinski definition) is 2. The summed E-state index contributed by atoms with van der Waals surface area (Å²) in [5.41, 5.74) is -0.239. The third-order valence-corrected chi connectivity index (χ3v) is 3.71. The molecule has 0 unspecified atom stereocenters. The molecular formula is C16H24N2O4. The Balaban J connectivity index is 2.16. The highest BCUT2D eigenvalue weighted by molar-refractivity contribution is 5.93. The van der Waals surface area contributed by atoms with Crippen LogP contribution >= 0.6 is 0 Å². The zero-order valence-electron chi connectivity index (χ0n) is 13.4. The Kier molecular flexibility index (Phi) is 4.78. The maximum atomic E-state index is 12.0. The normalized spacial score (nSPS) is 16.3. The summed E-state index contributed by atoms with van der Waals surface area (Å²) in [6.45, 7) is 5.39. The molecule has 1 amide bonds. The van der Waals surface area contributed by atoms with Gasteiger partial charge in [0.25, 0.3) is 0 Å². The summed E-state index contributed by atoms with van der Waals surface area (Å²) >= 11 is 0. The molecule has 1 aromatic rings. The number of nitrogens with one attached hydrogen (secondary N) is 1. The lowest BCUT2D eigenvalue weighted by molar-refractivity contribution is 0.00696. The Morgan fingerprint density at radius 3 is 2.45 bits per heavy atom. The van der Waals surface area contributed by atoms with Gasteiger partial charge in [0.2, 0.25) is 0 Å². The molecule has 0 spiro atoms. The number of nitrogens with zero attached hydrogens (tertiary/aromatic N) is 1. The highest BCUT2D eigenvalue weighted by atomic mass is 16.6. The molecule has 1 aromatic heterocycles. The first kappa shape index (κ1) is 16.4. The monoisotopic (exact) mass is 308 g/mol. The smallest absolute Gasteiger partial charge is 0.413 e. The van der Waals surface area contributed by atoms with Crippen molar-refractivity contribution in [2.75, 3.05) is 4.90 Å². The SMILES string of the molecule is CC(C)(C)OC(=O)c1c[nH]c(N(C(=O)O)C2CCCCC2)c1. The van der Waals surface area contributed by atoms with Crippen LogP contribution in [0.25, 0.3) is 0 Å². The van der Waals surface area contributed by atoms with E-state index in [2.05, 4.69) is 4.98 Å². The molecule has 2 N–H and O–H groups in total. The molecule has 0 atom stereocenters. The van der Waals surface area contributed by atoms with Crippen molar-refractivity contribution in [3.8, 4) is 0 Å². The van der Waals surface area contributed by atoms with Crippen LogP contribution in [-0.2, 0) is 4.74 Å². The van der Waals surface area contributed by atoms with Crippen molar-refractivity contribution in [1.29, 1.82) is 0 Å². The van der Waals surface area contributed by atoms with Gasteiger partial charge in [-0.3, -0.25) is 4.90 Å². The number of carbonyl (C=O) groups excluding carboxylic acids is 1. The van der Waals surface area contributed by atoms with E-state index in [9.17, 15) is 14.7 Å². The molecule has 1 aliphatic rings. The van der Waals surface area contributed by atoms with Crippen LogP contribution in [0.4, 0.5) is 10.6 Å². The predicted molar refractivity (Wildman–Crippen MR) is 83.3 cm³/mol. The quantitative estimate of drug-likeness (QED) is 0.832. The number of hydrogen-bond acceptors (Lipinski definition) is 3. The molecule has 1 saturated carbocycles. The average Bonchev–Trinajstić information content (AvgIpc) is 2.87. The van der Waals surface area contributed by atoms with E-state index in [1.807, 2.05) is 0 Å². The molecule has 0 aliphatic heterocycles. The fraction of sp³-hybridized carbons (Fsp3) is 0.625. The van der Waals surface area contributed by atoms with Gasteiger partial charge in [-0.05, 0) is 39.7 Å². The Morgan fingerprint density at radius 1 is 1.27 bits per heavy atom. The number of anilines is 1. The standard InChI is InChI=1S/C16H24N2O4/c1-16(2,3)22-14(19)11-9-13(17-10-11)18(15(20)21)12-7-5-4-6-8-12/h9-10,12,17H,4-8H2,1-3H3,(H,20,21). The van der Waals surface area contributed by atoms with Gasteiger partial charge in [0.05, 0.1) is 5.56 Å². The Labute approximate surface area is 130 Å². The highest BCUT2D eigenvalue weighted by Crippen LogP contribution is 2.27. The van der Waals surface area contributed by atoms with E-state index in [1.165, 1.54) is 11.1 Å². The van der Waals surface area contributed by atoms with Gasteiger partial charge >= 0.3 is 12.1 Å². The van der Waals surface area contributed by atoms with E-state index in [1.54, 1.807) is 26.8 Å². The van der Waals surface area contributed by atoms with E-state index < -0.39 is 17.7 Å². The van der Waals surface area contributed by atoms with E-state index in [0.29, 0.717) is 11.4 Å². The second-order valence-electron chi connectivity index (χ2n) is 6.72. The van der Waals surface area contributed by atoms with Crippen molar-refractivity contribution in [3.05, 3.63) is 17.8 Å². The molecule has 1 heterocycles. The molecular weight excluding hydrogens is 284 g/mol. The van der Waals surface area contributed by atoms with Crippen LogP contribution in [0, 0.1) is 0 Å². The molecule has 122 valence electrons. The zero-order valence-corrected chi connectivity index (χ0v) is 13.4. The summed E-state index contributed by atoms with van der Waals surface area (Å²) in [5, 5.41) is 9.50. The second kappa shape index (κ2) is 6.42. The number of amides is 1.